The minimum Gasteiger partial charge on any atom is -0.383 e. The lowest BCUT2D eigenvalue weighted by atomic mass is 10.1. The van der Waals surface area contributed by atoms with Crippen molar-refractivity contribution >= 4 is 17.3 Å². The molecule has 1 aromatic carbocycles. The predicted molar refractivity (Wildman–Crippen MR) is 76.3 cm³/mol. The van der Waals surface area contributed by atoms with Crippen molar-refractivity contribution in [2.45, 2.75) is 6.04 Å². The van der Waals surface area contributed by atoms with Crippen LogP contribution in [0.25, 0.3) is 0 Å². The summed E-state index contributed by atoms with van der Waals surface area (Å²) in [6, 6.07) is 5.25. The van der Waals surface area contributed by atoms with E-state index < -0.39 is 6.04 Å². The Bertz CT molecular complexity index is 488. The van der Waals surface area contributed by atoms with Gasteiger partial charge in [-0.05, 0) is 12.1 Å². The highest BCUT2D eigenvalue weighted by Crippen LogP contribution is 2.32. The van der Waals surface area contributed by atoms with Crippen molar-refractivity contribution < 1.29 is 9.53 Å². The maximum atomic E-state index is 11.5. The highest BCUT2D eigenvalue weighted by molar-refractivity contribution is 6.02. The standard InChI is InChI=1S/C14H19N3O2/c1-3-6-17(7-8-19-2)10-4-5-11-12(9-10)16-14(18)13(11)15/h3-5,9,13H,1,6-8,15H2,2H3,(H,16,18). The first-order valence-electron chi connectivity index (χ1n) is 6.22. The highest BCUT2D eigenvalue weighted by Gasteiger charge is 2.27. The number of hydrogen-bond acceptors (Lipinski definition) is 4. The van der Waals surface area contributed by atoms with Crippen molar-refractivity contribution in [2.75, 3.05) is 37.0 Å². The molecule has 5 heteroatoms. The van der Waals surface area contributed by atoms with Crippen LogP contribution in [-0.4, -0.2) is 32.7 Å². The smallest absolute Gasteiger partial charge is 0.245 e. The lowest BCUT2D eigenvalue weighted by molar-refractivity contribution is -0.116. The number of amides is 1. The van der Waals surface area contributed by atoms with Gasteiger partial charge in [-0.1, -0.05) is 12.1 Å². The van der Waals surface area contributed by atoms with Crippen LogP contribution in [-0.2, 0) is 9.53 Å². The van der Waals surface area contributed by atoms with Gasteiger partial charge < -0.3 is 20.7 Å². The molecule has 1 heterocycles. The Morgan fingerprint density at radius 3 is 3.05 bits per heavy atom. The first kappa shape index (κ1) is 13.6. The van der Waals surface area contributed by atoms with Crippen molar-refractivity contribution in [3.8, 4) is 0 Å². The second-order valence-electron chi connectivity index (χ2n) is 4.47. The molecule has 1 aromatic rings. The average Bonchev–Trinajstić information content (AvgIpc) is 2.69. The molecule has 1 aliphatic rings. The number of rotatable bonds is 6. The number of ether oxygens (including phenoxy) is 1. The van der Waals surface area contributed by atoms with Crippen LogP contribution in [0.3, 0.4) is 0 Å². The molecule has 1 atom stereocenters. The zero-order valence-corrected chi connectivity index (χ0v) is 11.1. The Labute approximate surface area is 113 Å². The summed E-state index contributed by atoms with van der Waals surface area (Å²) >= 11 is 0. The van der Waals surface area contributed by atoms with E-state index in [0.717, 1.165) is 30.0 Å². The van der Waals surface area contributed by atoms with Crippen molar-refractivity contribution in [3.05, 3.63) is 36.4 Å². The molecule has 2 rings (SSSR count). The van der Waals surface area contributed by atoms with Gasteiger partial charge in [0.2, 0.25) is 5.91 Å². The molecule has 1 unspecified atom stereocenters. The molecular formula is C14H19N3O2. The topological polar surface area (TPSA) is 67.6 Å². The summed E-state index contributed by atoms with van der Waals surface area (Å²) < 4.78 is 5.10. The lowest BCUT2D eigenvalue weighted by Crippen LogP contribution is -2.27. The van der Waals surface area contributed by atoms with Crippen molar-refractivity contribution in [3.63, 3.8) is 0 Å². The van der Waals surface area contributed by atoms with Crippen LogP contribution in [0.1, 0.15) is 11.6 Å². The Morgan fingerprint density at radius 1 is 1.58 bits per heavy atom. The average molecular weight is 261 g/mol. The maximum absolute atomic E-state index is 11.5. The van der Waals surface area contributed by atoms with Crippen LogP contribution < -0.4 is 16.0 Å². The fourth-order valence-electron chi connectivity index (χ4n) is 2.16. The number of methoxy groups -OCH3 is 1. The monoisotopic (exact) mass is 261 g/mol. The van der Waals surface area contributed by atoms with E-state index in [1.165, 1.54) is 0 Å². The molecule has 0 saturated carbocycles. The summed E-state index contributed by atoms with van der Waals surface area (Å²) in [6.07, 6.45) is 1.84. The van der Waals surface area contributed by atoms with Gasteiger partial charge in [-0.25, -0.2) is 0 Å². The molecule has 1 amide bonds. The molecular weight excluding hydrogens is 242 g/mol. The number of anilines is 2. The predicted octanol–water partition coefficient (Wildman–Crippen LogP) is 1.28. The fourth-order valence-corrected chi connectivity index (χ4v) is 2.16. The van der Waals surface area contributed by atoms with Gasteiger partial charge in [0, 0.05) is 37.1 Å². The van der Waals surface area contributed by atoms with Gasteiger partial charge in [0.25, 0.3) is 0 Å². The molecule has 0 aliphatic carbocycles. The summed E-state index contributed by atoms with van der Waals surface area (Å²) in [5, 5.41) is 2.79. The van der Waals surface area contributed by atoms with Crippen LogP contribution in [0, 0.1) is 0 Å². The Kier molecular flexibility index (Phi) is 4.19. The summed E-state index contributed by atoms with van der Waals surface area (Å²) in [4.78, 5) is 13.7. The molecule has 1 aliphatic heterocycles. The highest BCUT2D eigenvalue weighted by atomic mass is 16.5. The first-order chi connectivity index (χ1) is 9.17. The van der Waals surface area contributed by atoms with Gasteiger partial charge in [0.1, 0.15) is 6.04 Å². The van der Waals surface area contributed by atoms with Crippen LogP contribution in [0.15, 0.2) is 30.9 Å². The zero-order chi connectivity index (χ0) is 13.8. The van der Waals surface area contributed by atoms with Crippen molar-refractivity contribution in [1.82, 2.24) is 0 Å². The van der Waals surface area contributed by atoms with Crippen LogP contribution in [0.4, 0.5) is 11.4 Å². The molecule has 0 spiro atoms. The molecule has 0 aromatic heterocycles. The molecule has 102 valence electrons. The molecule has 0 fully saturated rings. The number of fused-ring (bicyclic) bond motifs is 1. The second kappa shape index (κ2) is 5.86. The lowest BCUT2D eigenvalue weighted by Gasteiger charge is -2.23. The number of nitrogens with zero attached hydrogens (tertiary/aromatic N) is 1. The molecule has 5 nitrogen and oxygen atoms in total. The molecule has 19 heavy (non-hydrogen) atoms. The molecule has 0 radical (unpaired) electrons. The molecule has 0 bridgehead atoms. The first-order valence-corrected chi connectivity index (χ1v) is 6.22. The summed E-state index contributed by atoms with van der Waals surface area (Å²) in [5.74, 6) is -0.153. The fraction of sp³-hybridized carbons (Fsp3) is 0.357. The number of hydrogen-bond donors (Lipinski definition) is 2. The third kappa shape index (κ3) is 2.77. The van der Waals surface area contributed by atoms with E-state index in [0.29, 0.717) is 6.61 Å². The number of nitrogens with two attached hydrogens (primary N) is 1. The maximum Gasteiger partial charge on any atom is 0.245 e. The van der Waals surface area contributed by atoms with Gasteiger partial charge in [-0.15, -0.1) is 6.58 Å². The number of nitrogens with one attached hydrogen (secondary N) is 1. The van der Waals surface area contributed by atoms with Crippen LogP contribution in [0.2, 0.25) is 0 Å². The van der Waals surface area contributed by atoms with E-state index >= 15 is 0 Å². The molecule has 3 N–H and O–H groups in total. The van der Waals surface area contributed by atoms with E-state index in [1.807, 2.05) is 24.3 Å². The number of benzene rings is 1. The summed E-state index contributed by atoms with van der Waals surface area (Å²) in [5.41, 5.74) is 8.45. The van der Waals surface area contributed by atoms with Gasteiger partial charge in [-0.3, -0.25) is 4.79 Å². The van der Waals surface area contributed by atoms with Gasteiger partial charge in [0.05, 0.1) is 6.61 Å². The Balaban J connectivity index is 2.22. The second-order valence-corrected chi connectivity index (χ2v) is 4.47. The van der Waals surface area contributed by atoms with Crippen LogP contribution >= 0.6 is 0 Å². The SMILES string of the molecule is C=CCN(CCOC)c1ccc2c(c1)NC(=O)C2N. The third-order valence-corrected chi connectivity index (χ3v) is 3.19. The summed E-state index contributed by atoms with van der Waals surface area (Å²) in [7, 11) is 1.67. The number of carbonyl (C=O) groups excluding carboxylic acids is 1. The number of carbonyl (C=O) groups is 1. The van der Waals surface area contributed by atoms with Crippen molar-refractivity contribution in [2.24, 2.45) is 5.73 Å². The van der Waals surface area contributed by atoms with Crippen LogP contribution in [0.5, 0.6) is 0 Å². The van der Waals surface area contributed by atoms with Gasteiger partial charge in [-0.2, -0.15) is 0 Å². The van der Waals surface area contributed by atoms with Gasteiger partial charge >= 0.3 is 0 Å². The van der Waals surface area contributed by atoms with E-state index in [-0.39, 0.29) is 5.91 Å². The Hall–Kier alpha value is -1.85. The van der Waals surface area contributed by atoms with E-state index in [2.05, 4.69) is 16.8 Å². The Morgan fingerprint density at radius 2 is 2.37 bits per heavy atom. The van der Waals surface area contributed by atoms with E-state index in [1.54, 1.807) is 7.11 Å². The van der Waals surface area contributed by atoms with E-state index in [4.69, 9.17) is 10.5 Å². The minimum atomic E-state index is -0.559. The largest absolute Gasteiger partial charge is 0.383 e. The quantitative estimate of drug-likeness (QED) is 0.757. The van der Waals surface area contributed by atoms with E-state index in [9.17, 15) is 4.79 Å². The third-order valence-electron chi connectivity index (χ3n) is 3.19. The van der Waals surface area contributed by atoms with Gasteiger partial charge in [0.15, 0.2) is 0 Å². The molecule has 0 saturated heterocycles. The van der Waals surface area contributed by atoms with Crippen molar-refractivity contribution in [1.29, 1.82) is 0 Å². The normalized spacial score (nSPS) is 16.9. The minimum absolute atomic E-state index is 0.153. The zero-order valence-electron chi connectivity index (χ0n) is 11.1. The summed E-state index contributed by atoms with van der Waals surface area (Å²) in [6.45, 7) is 5.88.